The molecule has 2 aromatic rings. The van der Waals surface area contributed by atoms with Crippen LogP contribution in [0.15, 0.2) is 40.8 Å². The van der Waals surface area contributed by atoms with Crippen LogP contribution >= 0.6 is 0 Å². The van der Waals surface area contributed by atoms with Crippen LogP contribution in [-0.2, 0) is 4.74 Å². The van der Waals surface area contributed by atoms with Crippen LogP contribution in [0.25, 0.3) is 0 Å². The van der Waals surface area contributed by atoms with Gasteiger partial charge in [-0.05, 0) is 24.6 Å². The summed E-state index contributed by atoms with van der Waals surface area (Å²) in [6, 6.07) is 11.7. The van der Waals surface area contributed by atoms with Gasteiger partial charge >= 0.3 is 5.97 Å². The zero-order chi connectivity index (χ0) is 13.1. The van der Waals surface area contributed by atoms with Crippen LogP contribution in [0.4, 0.5) is 0 Å². The number of hydrogen-bond acceptors (Lipinski definition) is 3. The number of carbonyl (C=O) groups is 1. The first-order valence-corrected chi connectivity index (χ1v) is 5.86. The Bertz CT molecular complexity index is 537. The zero-order valence-corrected chi connectivity index (χ0v) is 10.8. The quantitative estimate of drug-likeness (QED) is 0.775. The molecule has 0 saturated carbocycles. The van der Waals surface area contributed by atoms with Gasteiger partial charge in [-0.15, -0.1) is 0 Å². The lowest BCUT2D eigenvalue weighted by molar-refractivity contribution is 0.0563. The van der Waals surface area contributed by atoms with Gasteiger partial charge in [-0.3, -0.25) is 0 Å². The SMILES string of the molecule is COC(=O)c1ccc(C(C)c2ccc(C)cc2)o1. The van der Waals surface area contributed by atoms with Crippen molar-refractivity contribution < 1.29 is 13.9 Å². The van der Waals surface area contributed by atoms with E-state index >= 15 is 0 Å². The van der Waals surface area contributed by atoms with Gasteiger partial charge < -0.3 is 9.15 Å². The van der Waals surface area contributed by atoms with Crippen molar-refractivity contribution in [1.29, 1.82) is 0 Å². The van der Waals surface area contributed by atoms with Crippen molar-refractivity contribution in [1.82, 2.24) is 0 Å². The number of benzene rings is 1. The highest BCUT2D eigenvalue weighted by atomic mass is 16.5. The second-order valence-corrected chi connectivity index (χ2v) is 4.33. The van der Waals surface area contributed by atoms with E-state index < -0.39 is 5.97 Å². The molecule has 0 bridgehead atoms. The summed E-state index contributed by atoms with van der Waals surface area (Å²) >= 11 is 0. The fraction of sp³-hybridized carbons (Fsp3) is 0.267. The number of ether oxygens (including phenoxy) is 1. The van der Waals surface area contributed by atoms with E-state index in [1.165, 1.54) is 12.7 Å². The van der Waals surface area contributed by atoms with Gasteiger partial charge in [0.15, 0.2) is 0 Å². The average molecular weight is 244 g/mol. The minimum absolute atomic E-state index is 0.115. The van der Waals surface area contributed by atoms with Gasteiger partial charge in [0.1, 0.15) is 5.76 Å². The molecule has 1 atom stereocenters. The highest BCUT2D eigenvalue weighted by molar-refractivity contribution is 5.86. The molecular weight excluding hydrogens is 228 g/mol. The molecule has 94 valence electrons. The van der Waals surface area contributed by atoms with Gasteiger partial charge in [-0.1, -0.05) is 36.8 Å². The molecule has 0 fully saturated rings. The second-order valence-electron chi connectivity index (χ2n) is 4.33. The molecule has 0 aliphatic rings. The lowest BCUT2D eigenvalue weighted by Crippen LogP contribution is -1.99. The van der Waals surface area contributed by atoms with E-state index in [0.29, 0.717) is 0 Å². The van der Waals surface area contributed by atoms with Crippen molar-refractivity contribution in [3.8, 4) is 0 Å². The summed E-state index contributed by atoms with van der Waals surface area (Å²) in [5.74, 6) is 0.673. The third kappa shape index (κ3) is 2.45. The Balaban J connectivity index is 2.23. The van der Waals surface area contributed by atoms with Gasteiger partial charge in [-0.2, -0.15) is 0 Å². The van der Waals surface area contributed by atoms with Crippen LogP contribution < -0.4 is 0 Å². The van der Waals surface area contributed by atoms with E-state index in [0.717, 1.165) is 11.3 Å². The summed E-state index contributed by atoms with van der Waals surface area (Å²) in [6.07, 6.45) is 0. The summed E-state index contributed by atoms with van der Waals surface area (Å²) in [6.45, 7) is 4.10. The van der Waals surface area contributed by atoms with Gasteiger partial charge in [-0.25, -0.2) is 4.79 Å². The highest BCUT2D eigenvalue weighted by Gasteiger charge is 2.16. The molecule has 0 saturated heterocycles. The van der Waals surface area contributed by atoms with Gasteiger partial charge in [0.2, 0.25) is 5.76 Å². The molecule has 3 nitrogen and oxygen atoms in total. The Labute approximate surface area is 106 Å². The summed E-state index contributed by atoms with van der Waals surface area (Å²) < 4.78 is 10.1. The maximum absolute atomic E-state index is 11.3. The molecule has 3 heteroatoms. The molecule has 1 aromatic heterocycles. The number of furan rings is 1. The molecule has 0 radical (unpaired) electrons. The number of rotatable bonds is 3. The van der Waals surface area contributed by atoms with Crippen molar-refractivity contribution >= 4 is 5.97 Å². The summed E-state index contributed by atoms with van der Waals surface area (Å²) in [4.78, 5) is 11.3. The van der Waals surface area contributed by atoms with Gasteiger partial charge in [0, 0.05) is 5.92 Å². The third-order valence-corrected chi connectivity index (χ3v) is 3.02. The van der Waals surface area contributed by atoms with Gasteiger partial charge in [0.25, 0.3) is 0 Å². The van der Waals surface area contributed by atoms with Gasteiger partial charge in [0.05, 0.1) is 7.11 Å². The minimum Gasteiger partial charge on any atom is -0.463 e. The van der Waals surface area contributed by atoms with Crippen LogP contribution in [0.5, 0.6) is 0 Å². The Morgan fingerprint density at radius 3 is 2.44 bits per heavy atom. The highest BCUT2D eigenvalue weighted by Crippen LogP contribution is 2.26. The smallest absolute Gasteiger partial charge is 0.373 e. The number of methoxy groups -OCH3 is 1. The van der Waals surface area contributed by atoms with Crippen LogP contribution in [0.3, 0.4) is 0 Å². The molecular formula is C15H16O3. The summed E-state index contributed by atoms with van der Waals surface area (Å²) in [5, 5.41) is 0. The summed E-state index contributed by atoms with van der Waals surface area (Å²) in [5.41, 5.74) is 2.38. The number of carbonyl (C=O) groups excluding carboxylic acids is 1. The molecule has 0 N–H and O–H groups in total. The van der Waals surface area contributed by atoms with Crippen LogP contribution in [0.2, 0.25) is 0 Å². The summed E-state index contributed by atoms with van der Waals surface area (Å²) in [7, 11) is 1.34. The minimum atomic E-state index is -0.447. The van der Waals surface area contributed by atoms with E-state index in [4.69, 9.17) is 4.42 Å². The van der Waals surface area contributed by atoms with E-state index in [9.17, 15) is 4.79 Å². The average Bonchev–Trinajstić information content (AvgIpc) is 2.87. The van der Waals surface area contributed by atoms with Crippen LogP contribution in [0, 0.1) is 6.92 Å². The number of hydrogen-bond donors (Lipinski definition) is 0. The van der Waals surface area contributed by atoms with Crippen molar-refractivity contribution in [3.05, 3.63) is 59.0 Å². The lowest BCUT2D eigenvalue weighted by atomic mass is 9.98. The third-order valence-electron chi connectivity index (χ3n) is 3.02. The van der Waals surface area contributed by atoms with Crippen molar-refractivity contribution in [2.45, 2.75) is 19.8 Å². The number of aryl methyl sites for hydroxylation is 1. The largest absolute Gasteiger partial charge is 0.463 e. The van der Waals surface area contributed by atoms with Crippen molar-refractivity contribution in [3.63, 3.8) is 0 Å². The van der Waals surface area contributed by atoms with Crippen LogP contribution in [0.1, 0.15) is 40.3 Å². The predicted octanol–water partition coefficient (Wildman–Crippen LogP) is 3.53. The molecule has 0 aliphatic carbocycles. The molecule has 0 spiro atoms. The van der Waals surface area contributed by atoms with Crippen molar-refractivity contribution in [2.24, 2.45) is 0 Å². The first-order valence-electron chi connectivity index (χ1n) is 5.86. The second kappa shape index (κ2) is 5.08. The molecule has 0 amide bonds. The standard InChI is InChI=1S/C15H16O3/c1-10-4-6-12(7-5-10)11(2)13-8-9-14(18-13)15(16)17-3/h4-9,11H,1-3H3. The maximum Gasteiger partial charge on any atom is 0.373 e. The lowest BCUT2D eigenvalue weighted by Gasteiger charge is -2.09. The van der Waals surface area contributed by atoms with Crippen molar-refractivity contribution in [2.75, 3.05) is 7.11 Å². The molecule has 2 rings (SSSR count). The fourth-order valence-corrected chi connectivity index (χ4v) is 1.82. The first kappa shape index (κ1) is 12.4. The Morgan fingerprint density at radius 1 is 1.17 bits per heavy atom. The molecule has 1 unspecified atom stereocenters. The molecule has 0 aliphatic heterocycles. The maximum atomic E-state index is 11.3. The van der Waals surface area contributed by atoms with Crippen LogP contribution in [-0.4, -0.2) is 13.1 Å². The Kier molecular flexibility index (Phi) is 3.51. The predicted molar refractivity (Wildman–Crippen MR) is 68.7 cm³/mol. The normalized spacial score (nSPS) is 12.2. The molecule has 1 aromatic carbocycles. The topological polar surface area (TPSA) is 39.4 Å². The monoisotopic (exact) mass is 244 g/mol. The Hall–Kier alpha value is -2.03. The molecule has 1 heterocycles. The van der Waals surface area contributed by atoms with E-state index in [2.05, 4.69) is 35.9 Å². The Morgan fingerprint density at radius 2 is 1.83 bits per heavy atom. The number of esters is 1. The molecule has 18 heavy (non-hydrogen) atoms. The van der Waals surface area contributed by atoms with E-state index in [-0.39, 0.29) is 11.7 Å². The first-order chi connectivity index (χ1) is 8.61. The fourth-order valence-electron chi connectivity index (χ4n) is 1.82. The van der Waals surface area contributed by atoms with E-state index in [1.807, 2.05) is 13.0 Å². The zero-order valence-electron chi connectivity index (χ0n) is 10.8. The van der Waals surface area contributed by atoms with E-state index in [1.54, 1.807) is 6.07 Å².